The van der Waals surface area contributed by atoms with Crippen LogP contribution in [0, 0.1) is 18.3 Å². The molecule has 2 amide bonds. The van der Waals surface area contributed by atoms with Crippen LogP contribution in [0.4, 0.5) is 5.69 Å². The van der Waals surface area contributed by atoms with Crippen molar-refractivity contribution < 1.29 is 9.59 Å². The molecule has 1 saturated heterocycles. The fourth-order valence-electron chi connectivity index (χ4n) is 2.82. The molecule has 1 atom stereocenters. The van der Waals surface area contributed by atoms with Crippen LogP contribution in [0.3, 0.4) is 0 Å². The van der Waals surface area contributed by atoms with E-state index in [1.165, 1.54) is 16.7 Å². The number of hydrogen-bond donors (Lipinski definition) is 0. The summed E-state index contributed by atoms with van der Waals surface area (Å²) in [4.78, 5) is 30.8. The predicted molar refractivity (Wildman–Crippen MR) is 101 cm³/mol. The molecule has 1 aliphatic heterocycles. The second kappa shape index (κ2) is 7.30. The minimum atomic E-state index is -0.561. The number of nitriles is 1. The molecule has 1 aromatic heterocycles. The van der Waals surface area contributed by atoms with Crippen LogP contribution in [0.15, 0.2) is 41.4 Å². The number of aryl methyl sites for hydroxylation is 1. The Morgan fingerprint density at radius 1 is 1.19 bits per heavy atom. The minimum Gasteiger partial charge on any atom is -0.274 e. The number of rotatable bonds is 4. The maximum Gasteiger partial charge on any atom is 0.247 e. The van der Waals surface area contributed by atoms with Gasteiger partial charge in [0.2, 0.25) is 11.8 Å². The van der Waals surface area contributed by atoms with Gasteiger partial charge in [0.05, 0.1) is 16.5 Å². The summed E-state index contributed by atoms with van der Waals surface area (Å²) < 4.78 is 0. The maximum atomic E-state index is 12.8. The van der Waals surface area contributed by atoms with Crippen LogP contribution in [-0.4, -0.2) is 22.0 Å². The van der Waals surface area contributed by atoms with Gasteiger partial charge in [-0.25, -0.2) is 9.88 Å². The third kappa shape index (κ3) is 3.49. The molecule has 2 heterocycles. The highest BCUT2D eigenvalue weighted by atomic mass is 32.2. The monoisotopic (exact) mass is 365 g/mol. The highest BCUT2D eigenvalue weighted by molar-refractivity contribution is 8.00. The van der Waals surface area contributed by atoms with E-state index in [9.17, 15) is 14.9 Å². The third-order valence-electron chi connectivity index (χ3n) is 4.30. The predicted octanol–water partition coefficient (Wildman–Crippen LogP) is 3.81. The van der Waals surface area contributed by atoms with E-state index in [4.69, 9.17) is 0 Å². The molecule has 2 aromatic rings. The zero-order valence-corrected chi connectivity index (χ0v) is 15.7. The van der Waals surface area contributed by atoms with Gasteiger partial charge >= 0.3 is 0 Å². The lowest BCUT2D eigenvalue weighted by molar-refractivity contribution is -0.121. The van der Waals surface area contributed by atoms with Gasteiger partial charge in [-0.3, -0.25) is 9.59 Å². The molecule has 3 rings (SSSR count). The first kappa shape index (κ1) is 18.2. The number of amides is 2. The van der Waals surface area contributed by atoms with Gasteiger partial charge in [-0.15, -0.1) is 0 Å². The zero-order valence-electron chi connectivity index (χ0n) is 14.9. The maximum absolute atomic E-state index is 12.8. The summed E-state index contributed by atoms with van der Waals surface area (Å²) >= 11 is 1.19. The fraction of sp³-hybridized carbons (Fsp3) is 0.300. The standard InChI is InChI=1S/C20H19N3O2S/c1-12(2)14-6-8-16(9-7-14)23-18(24)10-17(20(23)25)26-19-15(11-21)5-4-13(3)22-19/h4-9,12,17H,10H2,1-3H3. The minimum absolute atomic E-state index is 0.107. The van der Waals surface area contributed by atoms with Gasteiger partial charge in [-0.1, -0.05) is 37.7 Å². The molecule has 0 spiro atoms. The third-order valence-corrected chi connectivity index (χ3v) is 5.48. The molecule has 0 saturated carbocycles. The quantitative estimate of drug-likeness (QED) is 0.770. The first-order valence-electron chi connectivity index (χ1n) is 8.42. The zero-order chi connectivity index (χ0) is 18.8. The van der Waals surface area contributed by atoms with E-state index >= 15 is 0 Å². The number of anilines is 1. The van der Waals surface area contributed by atoms with Crippen LogP contribution in [-0.2, 0) is 9.59 Å². The average molecular weight is 365 g/mol. The second-order valence-corrected chi connectivity index (χ2v) is 7.73. The van der Waals surface area contributed by atoms with Gasteiger partial charge in [-0.05, 0) is 42.7 Å². The lowest BCUT2D eigenvalue weighted by atomic mass is 10.0. The van der Waals surface area contributed by atoms with Crippen molar-refractivity contribution in [2.75, 3.05) is 4.90 Å². The van der Waals surface area contributed by atoms with Gasteiger partial charge in [0.15, 0.2) is 0 Å². The highest BCUT2D eigenvalue weighted by Gasteiger charge is 2.40. The van der Waals surface area contributed by atoms with E-state index < -0.39 is 5.25 Å². The SMILES string of the molecule is Cc1ccc(C#N)c(SC2CC(=O)N(c3ccc(C(C)C)cc3)C2=O)n1. The summed E-state index contributed by atoms with van der Waals surface area (Å²) in [7, 11) is 0. The Hall–Kier alpha value is -2.65. The van der Waals surface area contributed by atoms with Crippen molar-refractivity contribution in [1.82, 2.24) is 4.98 Å². The largest absolute Gasteiger partial charge is 0.274 e. The molecule has 5 nitrogen and oxygen atoms in total. The lowest BCUT2D eigenvalue weighted by Crippen LogP contribution is -2.31. The van der Waals surface area contributed by atoms with Crippen molar-refractivity contribution in [3.05, 3.63) is 53.2 Å². The van der Waals surface area contributed by atoms with Crippen LogP contribution in [0.25, 0.3) is 0 Å². The number of pyridine rings is 1. The number of carbonyl (C=O) groups excluding carboxylic acids is 2. The molecule has 1 aliphatic rings. The van der Waals surface area contributed by atoms with E-state index in [1.54, 1.807) is 12.1 Å². The molecule has 0 radical (unpaired) electrons. The van der Waals surface area contributed by atoms with Crippen LogP contribution >= 0.6 is 11.8 Å². The molecule has 0 N–H and O–H groups in total. The molecule has 1 aromatic carbocycles. The Kier molecular flexibility index (Phi) is 5.10. The Morgan fingerprint density at radius 2 is 1.88 bits per heavy atom. The topological polar surface area (TPSA) is 74.1 Å². The number of nitrogens with zero attached hydrogens (tertiary/aromatic N) is 3. The molecule has 6 heteroatoms. The number of aromatic nitrogens is 1. The summed E-state index contributed by atoms with van der Waals surface area (Å²) in [5, 5.41) is 9.17. The van der Waals surface area contributed by atoms with Gasteiger partial charge in [0, 0.05) is 12.1 Å². The van der Waals surface area contributed by atoms with Crippen molar-refractivity contribution >= 4 is 29.3 Å². The molecule has 26 heavy (non-hydrogen) atoms. The summed E-state index contributed by atoms with van der Waals surface area (Å²) in [6, 6.07) is 13.0. The van der Waals surface area contributed by atoms with Crippen molar-refractivity contribution in [2.24, 2.45) is 0 Å². The smallest absolute Gasteiger partial charge is 0.247 e. The fourth-order valence-corrected chi connectivity index (χ4v) is 3.96. The van der Waals surface area contributed by atoms with E-state index in [-0.39, 0.29) is 18.2 Å². The van der Waals surface area contributed by atoms with Crippen LogP contribution in [0.1, 0.15) is 43.0 Å². The number of thioether (sulfide) groups is 1. The van der Waals surface area contributed by atoms with Crippen molar-refractivity contribution in [2.45, 2.75) is 43.4 Å². The van der Waals surface area contributed by atoms with Crippen LogP contribution < -0.4 is 4.90 Å². The molecule has 0 bridgehead atoms. The highest BCUT2D eigenvalue weighted by Crippen LogP contribution is 2.35. The molecule has 1 unspecified atom stereocenters. The Balaban J connectivity index is 1.83. The van der Waals surface area contributed by atoms with E-state index in [1.807, 2.05) is 31.2 Å². The van der Waals surface area contributed by atoms with Crippen molar-refractivity contribution in [1.29, 1.82) is 5.26 Å². The van der Waals surface area contributed by atoms with Gasteiger partial charge in [-0.2, -0.15) is 5.26 Å². The van der Waals surface area contributed by atoms with Gasteiger partial charge < -0.3 is 0 Å². The lowest BCUT2D eigenvalue weighted by Gasteiger charge is -2.16. The Labute approximate surface area is 157 Å². The van der Waals surface area contributed by atoms with Crippen LogP contribution in [0.2, 0.25) is 0 Å². The molecular weight excluding hydrogens is 346 g/mol. The van der Waals surface area contributed by atoms with Crippen molar-refractivity contribution in [3.63, 3.8) is 0 Å². The van der Waals surface area contributed by atoms with E-state index in [2.05, 4.69) is 24.9 Å². The van der Waals surface area contributed by atoms with Gasteiger partial charge in [0.25, 0.3) is 0 Å². The van der Waals surface area contributed by atoms with Gasteiger partial charge in [0.1, 0.15) is 11.1 Å². The summed E-state index contributed by atoms with van der Waals surface area (Å²) in [6.07, 6.45) is 0.107. The van der Waals surface area contributed by atoms with E-state index in [0.717, 1.165) is 11.3 Å². The Bertz CT molecular complexity index is 900. The number of benzene rings is 1. The molecule has 1 fully saturated rings. The Morgan fingerprint density at radius 3 is 2.50 bits per heavy atom. The van der Waals surface area contributed by atoms with Crippen LogP contribution in [0.5, 0.6) is 0 Å². The summed E-state index contributed by atoms with van der Waals surface area (Å²) in [5.74, 6) is -0.102. The normalized spacial score (nSPS) is 17.0. The average Bonchev–Trinajstić information content (AvgIpc) is 2.89. The number of imide groups is 1. The molecule has 0 aliphatic carbocycles. The number of hydrogen-bond acceptors (Lipinski definition) is 5. The number of carbonyl (C=O) groups is 2. The van der Waals surface area contributed by atoms with Crippen molar-refractivity contribution in [3.8, 4) is 6.07 Å². The summed E-state index contributed by atoms with van der Waals surface area (Å²) in [5.41, 5.74) is 2.93. The first-order valence-corrected chi connectivity index (χ1v) is 9.30. The summed E-state index contributed by atoms with van der Waals surface area (Å²) in [6.45, 7) is 6.01. The molecular formula is C20H19N3O2S. The molecule has 132 valence electrons. The van der Waals surface area contributed by atoms with E-state index in [0.29, 0.717) is 22.2 Å². The second-order valence-electron chi connectivity index (χ2n) is 6.54. The first-order chi connectivity index (χ1) is 12.4.